The lowest BCUT2D eigenvalue weighted by Gasteiger charge is -2.07. The van der Waals surface area contributed by atoms with Crippen LogP contribution in [-0.2, 0) is 19.1 Å². The number of rotatable bonds is 7. The van der Waals surface area contributed by atoms with Crippen molar-refractivity contribution >= 4 is 23.8 Å². The molecule has 0 saturated heterocycles. The fraction of sp³-hybridized carbons (Fsp3) is 0.0870. The molecule has 0 radical (unpaired) electrons. The Morgan fingerprint density at radius 2 is 1.23 bits per heavy atom. The topological polar surface area (TPSA) is 111 Å². The summed E-state index contributed by atoms with van der Waals surface area (Å²) in [5.74, 6) is -2.73. The summed E-state index contributed by atoms with van der Waals surface area (Å²) < 4.78 is 9.30. The Bertz CT molecular complexity index is 1050. The maximum absolute atomic E-state index is 12.3. The lowest BCUT2D eigenvalue weighted by molar-refractivity contribution is -0.137. The van der Waals surface area contributed by atoms with E-state index in [-0.39, 0.29) is 11.4 Å². The first-order valence-corrected chi connectivity index (χ1v) is 9.02. The van der Waals surface area contributed by atoms with Gasteiger partial charge in [0.15, 0.2) is 5.70 Å². The van der Waals surface area contributed by atoms with Crippen LogP contribution < -0.4 is 10.6 Å². The van der Waals surface area contributed by atoms with Gasteiger partial charge in [-0.3, -0.25) is 9.59 Å². The number of hydrogen-bond donors (Lipinski definition) is 2. The van der Waals surface area contributed by atoms with E-state index < -0.39 is 23.8 Å². The number of allylic oxidation sites excluding steroid dienone is 1. The van der Waals surface area contributed by atoms with E-state index in [0.717, 1.165) is 14.2 Å². The molecule has 2 amide bonds. The van der Waals surface area contributed by atoms with Crippen molar-refractivity contribution in [1.82, 2.24) is 10.6 Å². The minimum atomic E-state index is -0.845. The van der Waals surface area contributed by atoms with Crippen LogP contribution in [0.5, 0.6) is 0 Å². The van der Waals surface area contributed by atoms with Crippen LogP contribution in [0.3, 0.4) is 0 Å². The van der Waals surface area contributed by atoms with E-state index in [0.29, 0.717) is 11.1 Å². The minimum Gasteiger partial charge on any atom is -0.464 e. The van der Waals surface area contributed by atoms with E-state index >= 15 is 0 Å². The van der Waals surface area contributed by atoms with Crippen LogP contribution in [-0.4, -0.2) is 38.0 Å². The minimum absolute atomic E-state index is 0.192. The lowest BCUT2D eigenvalue weighted by Crippen LogP contribution is -2.28. The molecule has 0 aromatic heterocycles. The first kappa shape index (κ1) is 22.9. The van der Waals surface area contributed by atoms with Crippen molar-refractivity contribution in [1.29, 1.82) is 0 Å². The Morgan fingerprint density at radius 3 is 1.71 bits per heavy atom. The molecule has 8 nitrogen and oxygen atoms in total. The summed E-state index contributed by atoms with van der Waals surface area (Å²) in [6.45, 7) is 0. The van der Waals surface area contributed by atoms with Gasteiger partial charge in [0.1, 0.15) is 5.70 Å². The molecule has 0 aliphatic carbocycles. The summed E-state index contributed by atoms with van der Waals surface area (Å²) in [5, 5.41) is 4.83. The summed E-state index contributed by atoms with van der Waals surface area (Å²) in [4.78, 5) is 48.5. The van der Waals surface area contributed by atoms with Crippen LogP contribution in [0, 0.1) is 0 Å². The van der Waals surface area contributed by atoms with Gasteiger partial charge in [0, 0.05) is 11.1 Å². The molecule has 2 aromatic rings. The first-order valence-electron chi connectivity index (χ1n) is 9.02. The van der Waals surface area contributed by atoms with Gasteiger partial charge in [-0.2, -0.15) is 0 Å². The molecule has 0 aliphatic rings. The molecule has 0 unspecified atom stereocenters. The molecule has 0 fully saturated rings. The third-order valence-electron chi connectivity index (χ3n) is 3.83. The van der Waals surface area contributed by atoms with Gasteiger partial charge in [-0.05, 0) is 36.4 Å². The van der Waals surface area contributed by atoms with Gasteiger partial charge < -0.3 is 20.1 Å². The number of ether oxygens (including phenoxy) is 2. The Kier molecular flexibility index (Phi) is 8.52. The molecular formula is C23H20N2O6. The highest BCUT2D eigenvalue weighted by Gasteiger charge is 2.15. The molecule has 2 aromatic carbocycles. The van der Waals surface area contributed by atoms with Crippen molar-refractivity contribution in [2.75, 3.05) is 14.2 Å². The third-order valence-corrected chi connectivity index (χ3v) is 3.83. The zero-order chi connectivity index (χ0) is 22.6. The van der Waals surface area contributed by atoms with E-state index in [2.05, 4.69) is 25.8 Å². The second-order valence-corrected chi connectivity index (χ2v) is 5.89. The standard InChI is InChI=1S/C23H20N2O6/c1-30-22(28)18(24-20(26)16-10-5-3-6-11-16)14-9-15-19(23(29)31-2)25-21(27)17-12-7-4-8-13-17/h3-14H,1-2H3,(H,24,26)(H,25,27)/b18-14-. The van der Waals surface area contributed by atoms with Gasteiger partial charge in [-0.1, -0.05) is 42.1 Å². The number of esters is 2. The molecule has 158 valence electrons. The second-order valence-electron chi connectivity index (χ2n) is 5.89. The number of methoxy groups -OCH3 is 2. The maximum Gasteiger partial charge on any atom is 0.362 e. The first-order chi connectivity index (χ1) is 15.0. The van der Waals surface area contributed by atoms with Crippen LogP contribution in [0.15, 0.2) is 89.9 Å². The number of benzene rings is 2. The number of carbonyl (C=O) groups is 4. The normalized spacial score (nSPS) is 10.2. The van der Waals surface area contributed by atoms with Crippen molar-refractivity contribution in [3.05, 3.63) is 101 Å². The summed E-state index contributed by atoms with van der Waals surface area (Å²) in [6.07, 6.45) is 2.36. The Labute approximate surface area is 178 Å². The molecule has 0 bridgehead atoms. The van der Waals surface area contributed by atoms with Crippen LogP contribution in [0.4, 0.5) is 0 Å². The highest BCUT2D eigenvalue weighted by atomic mass is 16.5. The second kappa shape index (κ2) is 11.5. The van der Waals surface area contributed by atoms with Crippen LogP contribution in [0.2, 0.25) is 0 Å². The molecule has 0 saturated carbocycles. The van der Waals surface area contributed by atoms with Crippen molar-refractivity contribution in [3.63, 3.8) is 0 Å². The number of nitrogens with one attached hydrogen (secondary N) is 2. The van der Waals surface area contributed by atoms with Crippen LogP contribution in [0.1, 0.15) is 20.7 Å². The van der Waals surface area contributed by atoms with Crippen molar-refractivity contribution in [2.24, 2.45) is 0 Å². The summed E-state index contributed by atoms with van der Waals surface area (Å²) >= 11 is 0. The summed E-state index contributed by atoms with van der Waals surface area (Å²) in [7, 11) is 2.30. The molecule has 0 spiro atoms. The molecule has 8 heteroatoms. The molecular weight excluding hydrogens is 400 g/mol. The smallest absolute Gasteiger partial charge is 0.362 e. The molecule has 0 atom stereocenters. The highest BCUT2D eigenvalue weighted by Crippen LogP contribution is 2.03. The average molecular weight is 420 g/mol. The number of hydrogen-bond acceptors (Lipinski definition) is 6. The molecule has 0 aliphatic heterocycles. The fourth-order valence-corrected chi connectivity index (χ4v) is 2.29. The SMILES string of the molecule is COC(=O)C(=C=C/C=C(\NC(=O)c1ccccc1)C(=O)OC)NC(=O)c1ccccc1. The Morgan fingerprint density at radius 1 is 0.742 bits per heavy atom. The molecule has 0 heterocycles. The monoisotopic (exact) mass is 420 g/mol. The predicted octanol–water partition coefficient (Wildman–Crippen LogP) is 2.12. The average Bonchev–Trinajstić information content (AvgIpc) is 2.82. The zero-order valence-corrected chi connectivity index (χ0v) is 16.9. The quantitative estimate of drug-likeness (QED) is 0.307. The molecule has 31 heavy (non-hydrogen) atoms. The Hall–Kier alpha value is -4.42. The number of amides is 2. The van der Waals surface area contributed by atoms with Gasteiger partial charge in [0.2, 0.25) is 0 Å². The van der Waals surface area contributed by atoms with Gasteiger partial charge in [-0.25, -0.2) is 9.59 Å². The van der Waals surface area contributed by atoms with Crippen molar-refractivity contribution < 1.29 is 28.7 Å². The van der Waals surface area contributed by atoms with E-state index in [4.69, 9.17) is 0 Å². The summed E-state index contributed by atoms with van der Waals surface area (Å²) in [5.41, 5.74) is 2.73. The predicted molar refractivity (Wildman–Crippen MR) is 112 cm³/mol. The van der Waals surface area contributed by atoms with Crippen LogP contribution in [0.25, 0.3) is 0 Å². The van der Waals surface area contributed by atoms with Gasteiger partial charge >= 0.3 is 11.9 Å². The lowest BCUT2D eigenvalue weighted by atomic mass is 10.2. The van der Waals surface area contributed by atoms with E-state index in [1.165, 1.54) is 12.2 Å². The van der Waals surface area contributed by atoms with Crippen molar-refractivity contribution in [2.45, 2.75) is 0 Å². The van der Waals surface area contributed by atoms with E-state index in [1.807, 2.05) is 0 Å². The Balaban J connectivity index is 2.29. The van der Waals surface area contributed by atoms with E-state index in [1.54, 1.807) is 60.7 Å². The molecule has 2 N–H and O–H groups in total. The number of carbonyl (C=O) groups excluding carboxylic acids is 4. The summed E-state index contributed by atoms with van der Waals surface area (Å²) in [6, 6.07) is 16.5. The van der Waals surface area contributed by atoms with Gasteiger partial charge in [0.05, 0.1) is 14.2 Å². The highest BCUT2D eigenvalue weighted by molar-refractivity contribution is 6.02. The third kappa shape index (κ3) is 6.85. The largest absolute Gasteiger partial charge is 0.464 e. The van der Waals surface area contributed by atoms with Gasteiger partial charge in [-0.15, -0.1) is 0 Å². The van der Waals surface area contributed by atoms with Crippen molar-refractivity contribution in [3.8, 4) is 0 Å². The molecule has 2 rings (SSSR count). The van der Waals surface area contributed by atoms with Gasteiger partial charge in [0.25, 0.3) is 11.8 Å². The zero-order valence-electron chi connectivity index (χ0n) is 16.9. The van der Waals surface area contributed by atoms with E-state index in [9.17, 15) is 19.2 Å². The maximum atomic E-state index is 12.3. The van der Waals surface area contributed by atoms with Crippen LogP contribution >= 0.6 is 0 Å². The fourth-order valence-electron chi connectivity index (χ4n) is 2.29.